The van der Waals surface area contributed by atoms with Crippen molar-refractivity contribution in [3.63, 3.8) is 0 Å². The van der Waals surface area contributed by atoms with Crippen LogP contribution in [0.15, 0.2) is 24.4 Å². The van der Waals surface area contributed by atoms with Crippen LogP contribution in [0.25, 0.3) is 16.7 Å². The summed E-state index contributed by atoms with van der Waals surface area (Å²) in [5.74, 6) is 3.01. The molecule has 2 atom stereocenters. The van der Waals surface area contributed by atoms with E-state index in [9.17, 15) is 5.11 Å². The number of nitrogens with zero attached hydrogens (tertiary/aromatic N) is 5. The largest absolute Gasteiger partial charge is 0.390 e. The SMILES string of the molecule is Cc1nc(N2C[C@@H]3C[C@H]2CO3)cc(-n2ncc3cc(C)c([C@H]4CC[C@](C)(O)CC4)cc32)n1. The first-order valence-electron chi connectivity index (χ1n) is 11.8. The Morgan fingerprint density at radius 2 is 1.88 bits per heavy atom. The first-order chi connectivity index (χ1) is 15.4. The van der Waals surface area contributed by atoms with Crippen LogP contribution in [0.1, 0.15) is 61.9 Å². The Balaban J connectivity index is 1.38. The highest BCUT2D eigenvalue weighted by Crippen LogP contribution is 2.40. The molecule has 7 nitrogen and oxygen atoms in total. The lowest BCUT2D eigenvalue weighted by atomic mass is 9.76. The molecule has 4 heterocycles. The van der Waals surface area contributed by atoms with Crippen LogP contribution in [0.3, 0.4) is 0 Å². The van der Waals surface area contributed by atoms with Gasteiger partial charge in [-0.05, 0) is 82.1 Å². The van der Waals surface area contributed by atoms with E-state index >= 15 is 0 Å². The Bertz CT molecular complexity index is 1180. The van der Waals surface area contributed by atoms with Gasteiger partial charge in [0.1, 0.15) is 11.6 Å². The first kappa shape index (κ1) is 20.1. The first-order valence-corrected chi connectivity index (χ1v) is 11.8. The van der Waals surface area contributed by atoms with Crippen molar-refractivity contribution in [3.8, 4) is 5.82 Å². The minimum atomic E-state index is -0.523. The zero-order valence-electron chi connectivity index (χ0n) is 19.1. The summed E-state index contributed by atoms with van der Waals surface area (Å²) < 4.78 is 7.73. The fourth-order valence-corrected chi connectivity index (χ4v) is 5.85. The summed E-state index contributed by atoms with van der Waals surface area (Å²) in [6.07, 6.45) is 7.08. The molecule has 7 heteroatoms. The van der Waals surface area contributed by atoms with Gasteiger partial charge in [-0.2, -0.15) is 5.10 Å². The van der Waals surface area contributed by atoms with E-state index in [1.807, 2.05) is 24.7 Å². The Kier molecular flexibility index (Phi) is 4.56. The van der Waals surface area contributed by atoms with Gasteiger partial charge in [0.15, 0.2) is 5.82 Å². The van der Waals surface area contributed by atoms with Gasteiger partial charge in [-0.15, -0.1) is 0 Å². The molecule has 2 aliphatic heterocycles. The van der Waals surface area contributed by atoms with Gasteiger partial charge in [0.25, 0.3) is 0 Å². The summed E-state index contributed by atoms with van der Waals surface area (Å²) in [7, 11) is 0. The van der Waals surface area contributed by atoms with Crippen LogP contribution < -0.4 is 4.90 Å². The zero-order valence-corrected chi connectivity index (χ0v) is 19.1. The molecule has 0 spiro atoms. The van der Waals surface area contributed by atoms with Gasteiger partial charge in [0.2, 0.25) is 0 Å². The molecule has 32 heavy (non-hydrogen) atoms. The predicted octanol–water partition coefficient (Wildman–Crippen LogP) is 3.82. The van der Waals surface area contributed by atoms with Crippen LogP contribution in [-0.2, 0) is 4.74 Å². The summed E-state index contributed by atoms with van der Waals surface area (Å²) in [6.45, 7) is 7.78. The van der Waals surface area contributed by atoms with Crippen molar-refractivity contribution in [2.75, 3.05) is 18.1 Å². The summed E-state index contributed by atoms with van der Waals surface area (Å²) >= 11 is 0. The van der Waals surface area contributed by atoms with Gasteiger partial charge in [0, 0.05) is 18.0 Å². The quantitative estimate of drug-likeness (QED) is 0.677. The second-order valence-corrected chi connectivity index (χ2v) is 10.2. The predicted molar refractivity (Wildman–Crippen MR) is 123 cm³/mol. The number of rotatable bonds is 3. The molecule has 0 amide bonds. The third kappa shape index (κ3) is 3.39. The number of benzene rings is 1. The van der Waals surface area contributed by atoms with Gasteiger partial charge in [-0.3, -0.25) is 0 Å². The van der Waals surface area contributed by atoms with Crippen molar-refractivity contribution in [1.29, 1.82) is 0 Å². The van der Waals surface area contributed by atoms with E-state index in [4.69, 9.17) is 19.8 Å². The van der Waals surface area contributed by atoms with Gasteiger partial charge in [0.05, 0.1) is 36.1 Å². The van der Waals surface area contributed by atoms with E-state index in [0.717, 1.165) is 73.6 Å². The minimum Gasteiger partial charge on any atom is -0.390 e. The number of morpholine rings is 1. The Hall–Kier alpha value is -2.51. The molecule has 6 rings (SSSR count). The topological polar surface area (TPSA) is 76.3 Å². The number of aliphatic hydroxyl groups is 1. The highest BCUT2D eigenvalue weighted by molar-refractivity contribution is 5.82. The van der Waals surface area contributed by atoms with Crippen LogP contribution in [0, 0.1) is 13.8 Å². The van der Waals surface area contributed by atoms with Crippen molar-refractivity contribution < 1.29 is 9.84 Å². The number of fused-ring (bicyclic) bond motifs is 3. The van der Waals surface area contributed by atoms with E-state index in [1.54, 1.807) is 0 Å². The van der Waals surface area contributed by atoms with Gasteiger partial charge >= 0.3 is 0 Å². The van der Waals surface area contributed by atoms with E-state index in [1.165, 1.54) is 11.1 Å². The molecule has 2 aromatic heterocycles. The van der Waals surface area contributed by atoms with E-state index < -0.39 is 5.60 Å². The molecule has 3 fully saturated rings. The van der Waals surface area contributed by atoms with Gasteiger partial charge in [-0.1, -0.05) is 0 Å². The molecular formula is C25H31N5O2. The van der Waals surface area contributed by atoms with Crippen LogP contribution in [-0.4, -0.2) is 55.8 Å². The van der Waals surface area contributed by atoms with Crippen molar-refractivity contribution in [3.05, 3.63) is 41.3 Å². The molecule has 0 unspecified atom stereocenters. The number of ether oxygens (including phenoxy) is 1. The lowest BCUT2D eigenvalue weighted by Gasteiger charge is -2.34. The lowest BCUT2D eigenvalue weighted by molar-refractivity contribution is 0.0171. The molecule has 1 aliphatic carbocycles. The maximum Gasteiger partial charge on any atom is 0.159 e. The van der Waals surface area contributed by atoms with Crippen LogP contribution in [0.5, 0.6) is 0 Å². The van der Waals surface area contributed by atoms with Gasteiger partial charge < -0.3 is 14.7 Å². The average Bonchev–Trinajstić information content (AvgIpc) is 3.48. The molecule has 2 saturated heterocycles. The molecular weight excluding hydrogens is 402 g/mol. The molecule has 1 N–H and O–H groups in total. The monoisotopic (exact) mass is 433 g/mol. The fourth-order valence-electron chi connectivity index (χ4n) is 5.85. The number of hydrogen-bond acceptors (Lipinski definition) is 6. The van der Waals surface area contributed by atoms with Crippen molar-refractivity contribution >= 4 is 16.7 Å². The summed E-state index contributed by atoms with van der Waals surface area (Å²) in [5, 5.41) is 16.2. The average molecular weight is 434 g/mol. The van der Waals surface area contributed by atoms with Crippen molar-refractivity contribution in [1.82, 2.24) is 19.7 Å². The number of anilines is 1. The standard InChI is InChI=1S/C25H31N5O2/c1-15-8-18-12-26-30(22(18)10-21(15)17-4-6-25(3,31)7-5-17)24-11-23(27-16(2)28-24)29-13-20-9-19(29)14-32-20/h8,10-12,17,19-20,31H,4-7,9,13-14H2,1-3H3/t17-,19-,20-,25-/m0/s1. The molecule has 3 aromatic rings. The second-order valence-electron chi connectivity index (χ2n) is 10.2. The summed E-state index contributed by atoms with van der Waals surface area (Å²) in [4.78, 5) is 11.8. The third-order valence-corrected chi connectivity index (χ3v) is 7.68. The smallest absolute Gasteiger partial charge is 0.159 e. The normalized spacial score (nSPS) is 29.9. The van der Waals surface area contributed by atoms with Crippen LogP contribution in [0.2, 0.25) is 0 Å². The fraction of sp³-hybridized carbons (Fsp3) is 0.560. The molecule has 3 aliphatic rings. The Morgan fingerprint density at radius 1 is 1.09 bits per heavy atom. The van der Waals surface area contributed by atoms with Crippen molar-refractivity contribution in [2.24, 2.45) is 0 Å². The number of aryl methyl sites for hydroxylation is 2. The van der Waals surface area contributed by atoms with E-state index in [2.05, 4.69) is 30.0 Å². The van der Waals surface area contributed by atoms with E-state index in [0.29, 0.717) is 18.1 Å². The van der Waals surface area contributed by atoms with Crippen LogP contribution >= 0.6 is 0 Å². The van der Waals surface area contributed by atoms with Gasteiger partial charge in [-0.25, -0.2) is 14.6 Å². The lowest BCUT2D eigenvalue weighted by Crippen LogP contribution is -2.37. The third-order valence-electron chi connectivity index (χ3n) is 7.68. The zero-order chi connectivity index (χ0) is 22.0. The molecule has 168 valence electrons. The summed E-state index contributed by atoms with van der Waals surface area (Å²) in [5.41, 5.74) is 3.23. The molecule has 0 radical (unpaired) electrons. The maximum atomic E-state index is 10.4. The van der Waals surface area contributed by atoms with Crippen molar-refractivity contribution in [2.45, 2.75) is 76.5 Å². The Morgan fingerprint density at radius 3 is 2.59 bits per heavy atom. The minimum absolute atomic E-state index is 0.325. The molecule has 1 saturated carbocycles. The number of aromatic nitrogens is 4. The van der Waals surface area contributed by atoms with Crippen LogP contribution in [0.4, 0.5) is 5.82 Å². The maximum absolute atomic E-state index is 10.4. The second kappa shape index (κ2) is 7.25. The molecule has 1 aromatic carbocycles. The molecule has 2 bridgehead atoms. The van der Waals surface area contributed by atoms with E-state index in [-0.39, 0.29) is 0 Å². The Labute approximate surface area is 188 Å². The number of hydrogen-bond donors (Lipinski definition) is 1. The summed E-state index contributed by atoms with van der Waals surface area (Å²) in [6, 6.07) is 7.02. The highest BCUT2D eigenvalue weighted by Gasteiger charge is 2.40. The highest BCUT2D eigenvalue weighted by atomic mass is 16.5.